The highest BCUT2D eigenvalue weighted by molar-refractivity contribution is 6.31. The highest BCUT2D eigenvalue weighted by atomic mass is 35.5. The van der Waals surface area contributed by atoms with Crippen molar-refractivity contribution in [2.24, 2.45) is 0 Å². The number of nitriles is 1. The second-order valence-electron chi connectivity index (χ2n) is 5.48. The molecule has 0 saturated heterocycles. The molecule has 0 bridgehead atoms. The summed E-state index contributed by atoms with van der Waals surface area (Å²) in [4.78, 5) is 12.0. The quantitative estimate of drug-likeness (QED) is 0.681. The van der Waals surface area contributed by atoms with Crippen LogP contribution in [0.3, 0.4) is 0 Å². The van der Waals surface area contributed by atoms with Crippen LogP contribution in [0.1, 0.15) is 25.1 Å². The van der Waals surface area contributed by atoms with E-state index >= 15 is 0 Å². The van der Waals surface area contributed by atoms with E-state index in [-0.39, 0.29) is 22.6 Å². The van der Waals surface area contributed by atoms with E-state index in [0.717, 1.165) is 0 Å². The van der Waals surface area contributed by atoms with Gasteiger partial charge >= 0.3 is 0 Å². The Morgan fingerprint density at radius 3 is 2.58 bits per heavy atom. The molecule has 24 heavy (non-hydrogen) atoms. The molecule has 0 radical (unpaired) electrons. The minimum atomic E-state index is -0.475. The predicted molar refractivity (Wildman–Crippen MR) is 90.1 cm³/mol. The van der Waals surface area contributed by atoms with Crippen molar-refractivity contribution in [1.29, 1.82) is 5.26 Å². The van der Waals surface area contributed by atoms with Gasteiger partial charge in [-0.2, -0.15) is 10.4 Å². The molecule has 1 amide bonds. The summed E-state index contributed by atoms with van der Waals surface area (Å²) in [5.74, 6) is -0.839. The summed E-state index contributed by atoms with van der Waals surface area (Å²) < 4.78 is 14.5. The zero-order valence-electron chi connectivity index (χ0n) is 13.5. The topological polar surface area (TPSA) is 70.7 Å². The van der Waals surface area contributed by atoms with Gasteiger partial charge in [-0.15, -0.1) is 0 Å². The third-order valence-corrected chi connectivity index (χ3v) is 3.56. The van der Waals surface area contributed by atoms with Gasteiger partial charge in [-0.25, -0.2) is 9.07 Å². The maximum absolute atomic E-state index is 13.0. The number of aryl methyl sites for hydroxylation is 1. The third-order valence-electron chi connectivity index (χ3n) is 3.19. The summed E-state index contributed by atoms with van der Waals surface area (Å²) in [5, 5.41) is 16.4. The maximum Gasteiger partial charge on any atom is 0.262 e. The third kappa shape index (κ3) is 3.81. The second kappa shape index (κ2) is 7.28. The Labute approximate surface area is 144 Å². The van der Waals surface area contributed by atoms with Crippen LogP contribution in [0.4, 0.5) is 4.39 Å². The molecule has 124 valence electrons. The summed E-state index contributed by atoms with van der Waals surface area (Å²) in [5.41, 5.74) is 1.53. The number of carbonyl (C=O) groups excluding carboxylic acids is 1. The smallest absolute Gasteiger partial charge is 0.262 e. The summed E-state index contributed by atoms with van der Waals surface area (Å²) in [6.07, 6.45) is 1.41. The van der Waals surface area contributed by atoms with Gasteiger partial charge in [0.1, 0.15) is 22.6 Å². The van der Waals surface area contributed by atoms with Gasteiger partial charge in [0.25, 0.3) is 5.91 Å². The van der Waals surface area contributed by atoms with Crippen LogP contribution < -0.4 is 5.32 Å². The molecule has 7 heteroatoms. The Balaban J connectivity index is 2.45. The van der Waals surface area contributed by atoms with Crippen molar-refractivity contribution >= 4 is 23.6 Å². The number of rotatable bonds is 4. The van der Waals surface area contributed by atoms with Crippen LogP contribution in [-0.2, 0) is 4.79 Å². The van der Waals surface area contributed by atoms with Crippen LogP contribution >= 0.6 is 11.6 Å². The van der Waals surface area contributed by atoms with E-state index in [2.05, 4.69) is 10.4 Å². The highest BCUT2D eigenvalue weighted by Crippen LogP contribution is 2.25. The Morgan fingerprint density at radius 2 is 2.04 bits per heavy atom. The molecule has 0 aliphatic heterocycles. The number of nitrogens with one attached hydrogen (secondary N) is 1. The van der Waals surface area contributed by atoms with Gasteiger partial charge < -0.3 is 5.32 Å². The van der Waals surface area contributed by atoms with Crippen molar-refractivity contribution in [3.63, 3.8) is 0 Å². The van der Waals surface area contributed by atoms with Crippen molar-refractivity contribution in [1.82, 2.24) is 15.1 Å². The molecule has 0 aliphatic rings. The molecule has 1 aromatic heterocycles. The van der Waals surface area contributed by atoms with Crippen molar-refractivity contribution in [3.8, 4) is 11.8 Å². The fourth-order valence-electron chi connectivity index (χ4n) is 2.06. The van der Waals surface area contributed by atoms with Gasteiger partial charge in [-0.05, 0) is 51.1 Å². The van der Waals surface area contributed by atoms with E-state index in [0.29, 0.717) is 16.9 Å². The zero-order valence-corrected chi connectivity index (χ0v) is 14.2. The summed E-state index contributed by atoms with van der Waals surface area (Å²) in [7, 11) is 0. The lowest BCUT2D eigenvalue weighted by Crippen LogP contribution is -2.30. The molecule has 0 atom stereocenters. The van der Waals surface area contributed by atoms with E-state index < -0.39 is 5.91 Å². The van der Waals surface area contributed by atoms with Crippen molar-refractivity contribution in [2.75, 3.05) is 0 Å². The molecule has 1 heterocycles. The van der Waals surface area contributed by atoms with Crippen molar-refractivity contribution in [3.05, 3.63) is 52.1 Å². The molecule has 0 saturated carbocycles. The van der Waals surface area contributed by atoms with E-state index in [4.69, 9.17) is 11.6 Å². The molecule has 0 unspecified atom stereocenters. The van der Waals surface area contributed by atoms with Crippen LogP contribution in [0.25, 0.3) is 11.8 Å². The van der Waals surface area contributed by atoms with Gasteiger partial charge in [0.15, 0.2) is 0 Å². The van der Waals surface area contributed by atoms with Crippen LogP contribution in [0.5, 0.6) is 0 Å². The van der Waals surface area contributed by atoms with Gasteiger partial charge in [-0.1, -0.05) is 11.6 Å². The lowest BCUT2D eigenvalue weighted by molar-refractivity contribution is -0.117. The molecule has 2 rings (SSSR count). The largest absolute Gasteiger partial charge is 0.349 e. The molecule has 0 spiro atoms. The molecule has 1 aromatic carbocycles. The SMILES string of the molecule is Cc1nn(-c2ccc(F)cc2)c(Cl)c1/C=C(\C#N)C(=O)NC(C)C. The van der Waals surface area contributed by atoms with Crippen LogP contribution in [0.15, 0.2) is 29.8 Å². The first kappa shape index (κ1) is 17.7. The standard InChI is InChI=1S/C17H16ClFN4O/c1-10(2)21-17(24)12(9-20)8-15-11(3)22-23(16(15)18)14-6-4-13(19)5-7-14/h4-8,10H,1-3H3,(H,21,24)/b12-8+. The fourth-order valence-corrected chi connectivity index (χ4v) is 2.39. The molecular formula is C17H16ClFN4O. The first-order chi connectivity index (χ1) is 11.3. The van der Waals surface area contributed by atoms with E-state index in [1.807, 2.05) is 6.07 Å². The van der Waals surface area contributed by atoms with E-state index in [1.54, 1.807) is 20.8 Å². The number of benzene rings is 1. The Hall–Kier alpha value is -2.65. The maximum atomic E-state index is 13.0. The van der Waals surface area contributed by atoms with Gasteiger partial charge in [0.05, 0.1) is 11.4 Å². The molecule has 0 aliphatic carbocycles. The normalized spacial score (nSPS) is 11.5. The number of aromatic nitrogens is 2. The Morgan fingerprint density at radius 1 is 1.42 bits per heavy atom. The minimum absolute atomic E-state index is 0.0626. The van der Waals surface area contributed by atoms with Gasteiger partial charge in [-0.3, -0.25) is 4.79 Å². The number of halogens is 2. The molecule has 5 nitrogen and oxygen atoms in total. The number of nitrogens with zero attached hydrogens (tertiary/aromatic N) is 3. The van der Waals surface area contributed by atoms with Crippen LogP contribution in [0, 0.1) is 24.1 Å². The highest BCUT2D eigenvalue weighted by Gasteiger charge is 2.17. The molecule has 1 N–H and O–H groups in total. The summed E-state index contributed by atoms with van der Waals surface area (Å²) >= 11 is 6.34. The summed E-state index contributed by atoms with van der Waals surface area (Å²) in [6.45, 7) is 5.32. The monoisotopic (exact) mass is 346 g/mol. The second-order valence-corrected chi connectivity index (χ2v) is 5.83. The first-order valence-electron chi connectivity index (χ1n) is 7.27. The van der Waals surface area contributed by atoms with Crippen LogP contribution in [0.2, 0.25) is 5.15 Å². The molecular weight excluding hydrogens is 331 g/mol. The Kier molecular flexibility index (Phi) is 5.37. The first-order valence-corrected chi connectivity index (χ1v) is 7.65. The van der Waals surface area contributed by atoms with Crippen molar-refractivity contribution < 1.29 is 9.18 Å². The minimum Gasteiger partial charge on any atom is -0.349 e. The molecule has 0 fully saturated rings. The van der Waals surface area contributed by atoms with E-state index in [1.165, 1.54) is 35.0 Å². The lowest BCUT2D eigenvalue weighted by atomic mass is 10.1. The number of hydrogen-bond acceptors (Lipinski definition) is 3. The van der Waals surface area contributed by atoms with E-state index in [9.17, 15) is 14.4 Å². The average Bonchev–Trinajstić information content (AvgIpc) is 2.80. The van der Waals surface area contributed by atoms with Crippen molar-refractivity contribution in [2.45, 2.75) is 26.8 Å². The lowest BCUT2D eigenvalue weighted by Gasteiger charge is -2.07. The Bertz CT molecular complexity index is 832. The predicted octanol–water partition coefficient (Wildman–Crippen LogP) is 3.40. The number of hydrogen-bond donors (Lipinski definition) is 1. The number of carbonyl (C=O) groups is 1. The zero-order chi connectivity index (χ0) is 17.9. The van der Waals surface area contributed by atoms with Gasteiger partial charge in [0.2, 0.25) is 0 Å². The fraction of sp³-hybridized carbons (Fsp3) is 0.235. The number of amides is 1. The van der Waals surface area contributed by atoms with Gasteiger partial charge in [0, 0.05) is 11.6 Å². The molecule has 2 aromatic rings. The average molecular weight is 347 g/mol. The van der Waals surface area contributed by atoms with Crippen LogP contribution in [-0.4, -0.2) is 21.7 Å². The summed E-state index contributed by atoms with van der Waals surface area (Å²) in [6, 6.07) is 7.46.